The van der Waals surface area contributed by atoms with E-state index in [0.717, 1.165) is 42.9 Å². The highest BCUT2D eigenvalue weighted by molar-refractivity contribution is 6.03. The highest BCUT2D eigenvalue weighted by atomic mass is 16.2. The fourth-order valence-corrected chi connectivity index (χ4v) is 2.50. The lowest BCUT2D eigenvalue weighted by Crippen LogP contribution is -2.27. The van der Waals surface area contributed by atoms with Crippen LogP contribution in [0.5, 0.6) is 0 Å². The minimum absolute atomic E-state index is 0.0355. The van der Waals surface area contributed by atoms with E-state index in [2.05, 4.69) is 41.3 Å². The Kier molecular flexibility index (Phi) is 4.79. The monoisotopic (exact) mass is 273 g/mol. The minimum atomic E-state index is -0.213. The van der Waals surface area contributed by atoms with Crippen LogP contribution in [0.2, 0.25) is 0 Å². The molecule has 1 heterocycles. The molecule has 0 bridgehead atoms. The molecule has 1 unspecified atom stereocenters. The first kappa shape index (κ1) is 14.6. The smallest absolute Gasteiger partial charge is 0.246 e. The quantitative estimate of drug-likeness (QED) is 0.593. The summed E-state index contributed by atoms with van der Waals surface area (Å²) in [4.78, 5) is 14.1. The fraction of sp³-hybridized carbons (Fsp3) is 0.438. The summed E-state index contributed by atoms with van der Waals surface area (Å²) < 4.78 is 0. The van der Waals surface area contributed by atoms with Crippen LogP contribution in [-0.4, -0.2) is 26.0 Å². The molecular formula is C16H23N3O. The number of amides is 1. The van der Waals surface area contributed by atoms with Crippen LogP contribution in [0.15, 0.2) is 30.9 Å². The summed E-state index contributed by atoms with van der Waals surface area (Å²) in [6, 6.07) is 5.96. The maximum Gasteiger partial charge on any atom is 0.246 e. The number of anilines is 2. The van der Waals surface area contributed by atoms with E-state index in [4.69, 9.17) is 0 Å². The van der Waals surface area contributed by atoms with Crippen LogP contribution >= 0.6 is 0 Å². The molecule has 1 aliphatic rings. The number of rotatable bonds is 7. The van der Waals surface area contributed by atoms with Gasteiger partial charge in [-0.1, -0.05) is 19.1 Å². The molecule has 1 aliphatic heterocycles. The van der Waals surface area contributed by atoms with Gasteiger partial charge in [0.05, 0.1) is 0 Å². The number of benzene rings is 1. The van der Waals surface area contributed by atoms with Gasteiger partial charge in [0.1, 0.15) is 6.04 Å². The van der Waals surface area contributed by atoms with Gasteiger partial charge in [0.15, 0.2) is 0 Å². The number of carbonyl (C=O) groups excluding carboxylic acids is 1. The van der Waals surface area contributed by atoms with E-state index < -0.39 is 0 Å². The number of likely N-dealkylation sites (N-methyl/N-ethyl adjacent to an activating group) is 1. The molecule has 4 nitrogen and oxygen atoms in total. The Morgan fingerprint density at radius 3 is 3.00 bits per heavy atom. The molecule has 0 aliphatic carbocycles. The van der Waals surface area contributed by atoms with E-state index in [9.17, 15) is 4.79 Å². The number of hydrogen-bond acceptors (Lipinski definition) is 3. The maximum atomic E-state index is 11.9. The average molecular weight is 273 g/mol. The predicted octanol–water partition coefficient (Wildman–Crippen LogP) is 2.69. The van der Waals surface area contributed by atoms with Gasteiger partial charge in [-0.15, -0.1) is 6.58 Å². The van der Waals surface area contributed by atoms with Gasteiger partial charge >= 0.3 is 0 Å². The van der Waals surface area contributed by atoms with Crippen LogP contribution < -0.4 is 15.5 Å². The molecule has 0 saturated carbocycles. The summed E-state index contributed by atoms with van der Waals surface area (Å²) in [5.74, 6) is 0.0355. The number of allylic oxidation sites excluding steroid dienone is 1. The largest absolute Gasteiger partial charge is 0.375 e. The molecule has 0 aromatic heterocycles. The second kappa shape index (κ2) is 6.57. The van der Waals surface area contributed by atoms with Gasteiger partial charge < -0.3 is 15.5 Å². The molecule has 2 rings (SSSR count). The van der Waals surface area contributed by atoms with Crippen LogP contribution in [0.1, 0.15) is 31.4 Å². The fourth-order valence-electron chi connectivity index (χ4n) is 2.50. The SMILES string of the molecule is C=CCCCN(C)c1ccc2c(c1)NC(=O)C2NCC. The third-order valence-electron chi connectivity index (χ3n) is 3.62. The molecule has 2 N–H and O–H groups in total. The molecule has 0 spiro atoms. The number of nitrogens with one attached hydrogen (secondary N) is 2. The molecular weight excluding hydrogens is 250 g/mol. The van der Waals surface area contributed by atoms with Gasteiger partial charge in [-0.3, -0.25) is 4.79 Å². The second-order valence-electron chi connectivity index (χ2n) is 5.10. The van der Waals surface area contributed by atoms with Crippen molar-refractivity contribution in [1.29, 1.82) is 0 Å². The number of carbonyl (C=O) groups is 1. The number of fused-ring (bicyclic) bond motifs is 1. The Labute approximate surface area is 120 Å². The van der Waals surface area contributed by atoms with Crippen LogP contribution in [-0.2, 0) is 4.79 Å². The third-order valence-corrected chi connectivity index (χ3v) is 3.62. The van der Waals surface area contributed by atoms with Gasteiger partial charge in [-0.25, -0.2) is 0 Å². The number of unbranched alkanes of at least 4 members (excludes halogenated alkanes) is 1. The van der Waals surface area contributed by atoms with Gasteiger partial charge in [-0.05, 0) is 31.5 Å². The highest BCUT2D eigenvalue weighted by Crippen LogP contribution is 2.33. The molecule has 1 atom stereocenters. The maximum absolute atomic E-state index is 11.9. The first-order valence-corrected chi connectivity index (χ1v) is 7.17. The van der Waals surface area contributed by atoms with Crippen molar-refractivity contribution in [3.8, 4) is 0 Å². The zero-order valence-corrected chi connectivity index (χ0v) is 12.3. The number of hydrogen-bond donors (Lipinski definition) is 2. The molecule has 108 valence electrons. The minimum Gasteiger partial charge on any atom is -0.375 e. The van der Waals surface area contributed by atoms with Crippen molar-refractivity contribution in [3.05, 3.63) is 36.4 Å². The first-order chi connectivity index (χ1) is 9.67. The molecule has 1 aromatic rings. The lowest BCUT2D eigenvalue weighted by Gasteiger charge is -2.20. The summed E-state index contributed by atoms with van der Waals surface area (Å²) in [6.45, 7) is 7.51. The van der Waals surface area contributed by atoms with E-state index >= 15 is 0 Å². The summed E-state index contributed by atoms with van der Waals surface area (Å²) in [5, 5.41) is 6.15. The topological polar surface area (TPSA) is 44.4 Å². The zero-order valence-electron chi connectivity index (χ0n) is 12.3. The van der Waals surface area contributed by atoms with Crippen molar-refractivity contribution in [2.24, 2.45) is 0 Å². The van der Waals surface area contributed by atoms with Gasteiger partial charge in [0.2, 0.25) is 5.91 Å². The Balaban J connectivity index is 2.11. The second-order valence-corrected chi connectivity index (χ2v) is 5.10. The van der Waals surface area contributed by atoms with Crippen molar-refractivity contribution in [2.45, 2.75) is 25.8 Å². The predicted molar refractivity (Wildman–Crippen MR) is 84.2 cm³/mol. The Hall–Kier alpha value is -1.81. The van der Waals surface area contributed by atoms with Crippen LogP contribution in [0, 0.1) is 0 Å². The Morgan fingerprint density at radius 1 is 1.50 bits per heavy atom. The first-order valence-electron chi connectivity index (χ1n) is 7.17. The lowest BCUT2D eigenvalue weighted by molar-refractivity contribution is -0.117. The van der Waals surface area contributed by atoms with Gasteiger partial charge in [0.25, 0.3) is 0 Å². The van der Waals surface area contributed by atoms with E-state index in [0.29, 0.717) is 0 Å². The standard InChI is InChI=1S/C16H23N3O/c1-4-6-7-10-19(3)12-8-9-13-14(11-12)18-16(20)15(13)17-5-2/h4,8-9,11,15,17H,1,5-7,10H2,2-3H3,(H,18,20). The number of nitrogens with zero attached hydrogens (tertiary/aromatic N) is 1. The molecule has 1 amide bonds. The lowest BCUT2D eigenvalue weighted by atomic mass is 10.1. The third kappa shape index (κ3) is 3.02. The molecule has 1 aromatic carbocycles. The molecule has 20 heavy (non-hydrogen) atoms. The van der Waals surface area contributed by atoms with Crippen molar-refractivity contribution in [1.82, 2.24) is 5.32 Å². The van der Waals surface area contributed by atoms with E-state index in [1.807, 2.05) is 19.1 Å². The van der Waals surface area contributed by atoms with Crippen molar-refractivity contribution >= 4 is 17.3 Å². The zero-order chi connectivity index (χ0) is 14.5. The molecule has 0 radical (unpaired) electrons. The Bertz CT molecular complexity index is 498. The van der Waals surface area contributed by atoms with Crippen molar-refractivity contribution < 1.29 is 4.79 Å². The Morgan fingerprint density at radius 2 is 2.30 bits per heavy atom. The summed E-state index contributed by atoms with van der Waals surface area (Å²) in [6.07, 6.45) is 4.05. The van der Waals surface area contributed by atoms with Crippen molar-refractivity contribution in [2.75, 3.05) is 30.4 Å². The molecule has 4 heteroatoms. The van der Waals surface area contributed by atoms with Crippen LogP contribution in [0.4, 0.5) is 11.4 Å². The van der Waals surface area contributed by atoms with Crippen LogP contribution in [0.25, 0.3) is 0 Å². The summed E-state index contributed by atoms with van der Waals surface area (Å²) >= 11 is 0. The molecule has 0 fully saturated rings. The van der Waals surface area contributed by atoms with Gasteiger partial charge in [-0.2, -0.15) is 0 Å². The normalized spacial score (nSPS) is 16.7. The summed E-state index contributed by atoms with van der Waals surface area (Å²) in [7, 11) is 2.07. The van der Waals surface area contributed by atoms with Crippen LogP contribution in [0.3, 0.4) is 0 Å². The average Bonchev–Trinajstić information content (AvgIpc) is 2.75. The molecule has 0 saturated heterocycles. The van der Waals surface area contributed by atoms with E-state index in [1.165, 1.54) is 0 Å². The van der Waals surface area contributed by atoms with Crippen molar-refractivity contribution in [3.63, 3.8) is 0 Å². The van der Waals surface area contributed by atoms with E-state index in [1.54, 1.807) is 0 Å². The summed E-state index contributed by atoms with van der Waals surface area (Å²) in [5.41, 5.74) is 3.10. The van der Waals surface area contributed by atoms with Gasteiger partial charge in [0, 0.05) is 30.5 Å². The highest BCUT2D eigenvalue weighted by Gasteiger charge is 2.29. The van der Waals surface area contributed by atoms with E-state index in [-0.39, 0.29) is 11.9 Å².